The van der Waals surface area contributed by atoms with Gasteiger partial charge in [0.15, 0.2) is 6.29 Å². The van der Waals surface area contributed by atoms with Crippen LogP contribution in [0.15, 0.2) is 0 Å². The second kappa shape index (κ2) is 6.64. The molecule has 0 aromatic rings. The summed E-state index contributed by atoms with van der Waals surface area (Å²) in [4.78, 5) is 13.7. The molecule has 3 fully saturated rings. The molecule has 0 spiro atoms. The molecule has 25 heavy (non-hydrogen) atoms. The molecule has 0 aliphatic carbocycles. The van der Waals surface area contributed by atoms with Crippen LogP contribution >= 0.6 is 0 Å². The predicted molar refractivity (Wildman–Crippen MR) is 83.5 cm³/mol. The Morgan fingerprint density at radius 1 is 1.24 bits per heavy atom. The zero-order valence-electron chi connectivity index (χ0n) is 14.6. The van der Waals surface area contributed by atoms with Gasteiger partial charge in [-0.15, -0.1) is 0 Å². The van der Waals surface area contributed by atoms with Crippen LogP contribution in [0.4, 0.5) is 4.79 Å². The SMILES string of the molecule is CC(C)(C)OC(=O)N1C[C@H](O)C[C@H]1[C@H](O)[C@@H]1[C@@H](O)[C@H]2OC[C@@H](O2)[C@H]1O. The van der Waals surface area contributed by atoms with Gasteiger partial charge in [-0.3, -0.25) is 4.90 Å². The fourth-order valence-electron chi connectivity index (χ4n) is 3.79. The number of likely N-dealkylation sites (tertiary alicyclic amines) is 1. The van der Waals surface area contributed by atoms with Crippen molar-refractivity contribution >= 4 is 6.09 Å². The van der Waals surface area contributed by atoms with Crippen molar-refractivity contribution in [3.05, 3.63) is 0 Å². The molecule has 0 unspecified atom stereocenters. The molecular weight excluding hydrogens is 334 g/mol. The molecule has 4 N–H and O–H groups in total. The molecule has 144 valence electrons. The third kappa shape index (κ3) is 3.62. The van der Waals surface area contributed by atoms with Gasteiger partial charge in [-0.05, 0) is 27.2 Å². The topological polar surface area (TPSA) is 129 Å². The van der Waals surface area contributed by atoms with Gasteiger partial charge >= 0.3 is 6.09 Å². The average Bonchev–Trinajstić information content (AvgIpc) is 3.09. The summed E-state index contributed by atoms with van der Waals surface area (Å²) in [6.07, 6.45) is -6.50. The summed E-state index contributed by atoms with van der Waals surface area (Å²) in [6.45, 7) is 5.34. The molecule has 9 nitrogen and oxygen atoms in total. The molecule has 3 saturated heterocycles. The Bertz CT molecular complexity index is 493. The fraction of sp³-hybridized carbons (Fsp3) is 0.938. The first kappa shape index (κ1) is 18.8. The third-order valence-electron chi connectivity index (χ3n) is 4.92. The number of amides is 1. The Labute approximate surface area is 146 Å². The van der Waals surface area contributed by atoms with Crippen LogP contribution in [0.25, 0.3) is 0 Å². The van der Waals surface area contributed by atoms with Gasteiger partial charge in [0, 0.05) is 5.92 Å². The van der Waals surface area contributed by atoms with Crippen molar-refractivity contribution in [2.24, 2.45) is 5.92 Å². The number of fused-ring (bicyclic) bond motifs is 2. The highest BCUT2D eigenvalue weighted by Gasteiger charge is 2.55. The molecule has 0 aromatic carbocycles. The molecule has 3 rings (SSSR count). The minimum atomic E-state index is -1.26. The number of hydrogen-bond acceptors (Lipinski definition) is 8. The summed E-state index contributed by atoms with van der Waals surface area (Å²) in [6, 6.07) is -0.781. The lowest BCUT2D eigenvalue weighted by Crippen LogP contribution is -2.59. The zero-order valence-corrected chi connectivity index (χ0v) is 14.6. The first-order chi connectivity index (χ1) is 11.6. The molecule has 2 bridgehead atoms. The van der Waals surface area contributed by atoms with Crippen molar-refractivity contribution in [3.8, 4) is 0 Å². The van der Waals surface area contributed by atoms with Crippen molar-refractivity contribution in [1.29, 1.82) is 0 Å². The van der Waals surface area contributed by atoms with E-state index in [0.717, 1.165) is 0 Å². The van der Waals surface area contributed by atoms with Crippen LogP contribution in [-0.4, -0.2) is 93.0 Å². The Hall–Kier alpha value is -0.970. The van der Waals surface area contributed by atoms with Crippen LogP contribution in [0.3, 0.4) is 0 Å². The van der Waals surface area contributed by atoms with Crippen molar-refractivity contribution in [3.63, 3.8) is 0 Å². The summed E-state index contributed by atoms with van der Waals surface area (Å²) >= 11 is 0. The van der Waals surface area contributed by atoms with Gasteiger partial charge in [-0.25, -0.2) is 4.79 Å². The number of rotatable bonds is 2. The van der Waals surface area contributed by atoms with Crippen LogP contribution in [0.5, 0.6) is 0 Å². The summed E-state index contributed by atoms with van der Waals surface area (Å²) < 4.78 is 15.9. The smallest absolute Gasteiger partial charge is 0.410 e. The molecule has 1 amide bonds. The predicted octanol–water partition coefficient (Wildman–Crippen LogP) is -1.19. The Morgan fingerprint density at radius 3 is 2.56 bits per heavy atom. The molecule has 9 heteroatoms. The monoisotopic (exact) mass is 361 g/mol. The van der Waals surface area contributed by atoms with Crippen molar-refractivity contribution in [2.45, 2.75) is 75.6 Å². The number of carbonyl (C=O) groups excluding carboxylic acids is 1. The fourth-order valence-corrected chi connectivity index (χ4v) is 3.79. The maximum Gasteiger partial charge on any atom is 0.410 e. The van der Waals surface area contributed by atoms with E-state index in [9.17, 15) is 25.2 Å². The average molecular weight is 361 g/mol. The van der Waals surface area contributed by atoms with E-state index in [1.165, 1.54) is 4.90 Å². The maximum atomic E-state index is 12.4. The molecule has 3 aliphatic rings. The lowest BCUT2D eigenvalue weighted by molar-refractivity contribution is -0.230. The van der Waals surface area contributed by atoms with E-state index in [0.29, 0.717) is 0 Å². The Kier molecular flexibility index (Phi) is 5.00. The Morgan fingerprint density at radius 2 is 1.92 bits per heavy atom. The van der Waals surface area contributed by atoms with Gasteiger partial charge < -0.3 is 34.6 Å². The van der Waals surface area contributed by atoms with Crippen LogP contribution in [0.2, 0.25) is 0 Å². The molecule has 8 atom stereocenters. The van der Waals surface area contributed by atoms with Gasteiger partial charge in [-0.2, -0.15) is 0 Å². The standard InChI is InChI=1S/C16H27NO8/c1-16(2,3)25-15(22)17-5-7(18)4-8(17)11(19)10-12(20)9-6-23-14(24-9)13(10)21/h7-14,18-21H,4-6H2,1-3H3/t7-,8+,9-,10+,11+,12-,13-,14+/m1/s1. The van der Waals surface area contributed by atoms with E-state index in [1.54, 1.807) is 20.8 Å². The first-order valence-electron chi connectivity index (χ1n) is 8.57. The largest absolute Gasteiger partial charge is 0.444 e. The first-order valence-corrected chi connectivity index (χ1v) is 8.57. The number of β-amino-alcohol motifs (C(OH)–C–C–N with tert-alkyl or cyclic N) is 1. The third-order valence-corrected chi connectivity index (χ3v) is 4.92. The van der Waals surface area contributed by atoms with E-state index in [-0.39, 0.29) is 19.6 Å². The van der Waals surface area contributed by atoms with Crippen LogP contribution in [0, 0.1) is 5.92 Å². The Balaban J connectivity index is 1.77. The zero-order chi connectivity index (χ0) is 18.5. The maximum absolute atomic E-state index is 12.4. The number of aliphatic hydroxyl groups is 4. The molecular formula is C16H27NO8. The highest BCUT2D eigenvalue weighted by atomic mass is 16.7. The minimum absolute atomic E-state index is 0.0232. The normalized spacial score (nSPS) is 42.5. The number of aliphatic hydroxyl groups excluding tert-OH is 4. The van der Waals surface area contributed by atoms with Crippen LogP contribution < -0.4 is 0 Å². The lowest BCUT2D eigenvalue weighted by Gasteiger charge is -2.41. The van der Waals surface area contributed by atoms with E-state index in [1.807, 2.05) is 0 Å². The van der Waals surface area contributed by atoms with Crippen molar-refractivity contribution in [2.75, 3.05) is 13.2 Å². The van der Waals surface area contributed by atoms with Crippen LogP contribution in [-0.2, 0) is 14.2 Å². The number of carbonyl (C=O) groups is 1. The minimum Gasteiger partial charge on any atom is -0.444 e. The van der Waals surface area contributed by atoms with Gasteiger partial charge in [0.25, 0.3) is 0 Å². The van der Waals surface area contributed by atoms with Crippen LogP contribution in [0.1, 0.15) is 27.2 Å². The van der Waals surface area contributed by atoms with Gasteiger partial charge in [0.05, 0.1) is 37.5 Å². The number of nitrogens with zero attached hydrogens (tertiary/aromatic N) is 1. The van der Waals surface area contributed by atoms with Crippen molar-refractivity contribution in [1.82, 2.24) is 4.90 Å². The second-order valence-electron chi connectivity index (χ2n) is 8.01. The van der Waals surface area contributed by atoms with Crippen molar-refractivity contribution < 1.29 is 39.4 Å². The van der Waals surface area contributed by atoms with E-state index in [2.05, 4.69) is 0 Å². The van der Waals surface area contributed by atoms with Gasteiger partial charge in [0.2, 0.25) is 0 Å². The number of hydrogen-bond donors (Lipinski definition) is 4. The summed E-state index contributed by atoms with van der Waals surface area (Å²) in [7, 11) is 0. The highest BCUT2D eigenvalue weighted by molar-refractivity contribution is 5.69. The van der Waals surface area contributed by atoms with E-state index in [4.69, 9.17) is 14.2 Å². The molecule has 3 heterocycles. The highest BCUT2D eigenvalue weighted by Crippen LogP contribution is 2.37. The molecule has 0 radical (unpaired) electrons. The number of ether oxygens (including phenoxy) is 3. The van der Waals surface area contributed by atoms with Gasteiger partial charge in [0.1, 0.15) is 17.8 Å². The summed E-state index contributed by atoms with van der Waals surface area (Å²) in [5, 5.41) is 41.6. The van der Waals surface area contributed by atoms with Gasteiger partial charge in [-0.1, -0.05) is 0 Å². The molecule has 3 aliphatic heterocycles. The molecule has 0 saturated carbocycles. The lowest BCUT2D eigenvalue weighted by atomic mass is 9.82. The van der Waals surface area contributed by atoms with E-state index < -0.39 is 60.5 Å². The van der Waals surface area contributed by atoms with E-state index >= 15 is 0 Å². The summed E-state index contributed by atoms with van der Waals surface area (Å²) in [5.74, 6) is -0.952. The summed E-state index contributed by atoms with van der Waals surface area (Å²) in [5.41, 5.74) is -0.717. The molecule has 0 aromatic heterocycles. The second-order valence-corrected chi connectivity index (χ2v) is 8.01. The quantitative estimate of drug-likeness (QED) is 0.483.